The minimum Gasteiger partial charge on any atom is -0.392 e. The fraction of sp³-hybridized carbons (Fsp3) is 0.786. The zero-order valence-corrected chi connectivity index (χ0v) is 26.3. The predicted molar refractivity (Wildman–Crippen MR) is 158 cm³/mol. The van der Waals surface area contributed by atoms with Crippen molar-refractivity contribution >= 4 is 35.9 Å². The Morgan fingerprint density at radius 2 is 0.953 bits per heavy atom. The number of nitrogens with two attached hydrogens (primary N) is 1. The molecule has 0 aromatic heterocycles. The van der Waals surface area contributed by atoms with Crippen LogP contribution in [0.15, 0.2) is 0 Å². The fourth-order valence-electron chi connectivity index (χ4n) is 4.16. The molecule has 15 nitrogen and oxygen atoms in total. The Kier molecular flexibility index (Phi) is 19.8. The third-order valence-electron chi connectivity index (χ3n) is 6.25. The van der Waals surface area contributed by atoms with Crippen molar-refractivity contribution in [3.8, 4) is 0 Å². The van der Waals surface area contributed by atoms with Crippen molar-refractivity contribution < 1.29 is 44.1 Å². The Hall–Kier alpha value is -3.30. The van der Waals surface area contributed by atoms with Crippen LogP contribution in [-0.2, 0) is 28.8 Å². The number of aliphatic hydroxyl groups is 3. The predicted octanol–water partition coefficient (Wildman–Crippen LogP) is -2.01. The lowest BCUT2D eigenvalue weighted by atomic mass is 10.2. The van der Waals surface area contributed by atoms with Crippen molar-refractivity contribution in [2.45, 2.75) is 78.6 Å². The molecule has 0 fully saturated rings. The van der Waals surface area contributed by atoms with E-state index in [1.165, 1.54) is 30.6 Å². The van der Waals surface area contributed by atoms with E-state index in [1.54, 1.807) is 0 Å². The molecule has 43 heavy (non-hydrogen) atoms. The topological polar surface area (TPSA) is 205 Å². The lowest BCUT2D eigenvalue weighted by molar-refractivity contribution is -0.147. The number of hydrogen-bond acceptors (Lipinski definition) is 9. The van der Waals surface area contributed by atoms with Crippen LogP contribution in [0.5, 0.6) is 0 Å². The van der Waals surface area contributed by atoms with Crippen LogP contribution in [-0.4, -0.2) is 160 Å². The molecule has 0 aliphatic rings. The van der Waals surface area contributed by atoms with Crippen LogP contribution in [0.2, 0.25) is 0 Å². The minimum atomic E-state index is -0.982. The molecule has 3 unspecified atom stereocenters. The van der Waals surface area contributed by atoms with Crippen LogP contribution in [0.3, 0.4) is 0 Å². The molecular weight excluding hydrogens is 564 g/mol. The molecule has 5 N–H and O–H groups in total. The molecule has 0 heterocycles. The van der Waals surface area contributed by atoms with Crippen LogP contribution < -0.4 is 5.73 Å². The summed E-state index contributed by atoms with van der Waals surface area (Å²) in [5.74, 6) is -3.04. The minimum absolute atomic E-state index is 0.0940. The summed E-state index contributed by atoms with van der Waals surface area (Å²) in [6.07, 6.45) is 0.192. The van der Waals surface area contributed by atoms with Gasteiger partial charge in [0.1, 0.15) is 0 Å². The highest BCUT2D eigenvalue weighted by molar-refractivity contribution is 5.91. The Labute approximate surface area is 254 Å². The Balaban J connectivity index is 5.89. The van der Waals surface area contributed by atoms with Gasteiger partial charge in [-0.15, -0.1) is 0 Å². The van der Waals surface area contributed by atoms with Crippen molar-refractivity contribution in [3.63, 3.8) is 0 Å². The van der Waals surface area contributed by atoms with Gasteiger partial charge in [-0.3, -0.25) is 28.8 Å². The van der Waals surface area contributed by atoms with Crippen LogP contribution in [0, 0.1) is 0 Å². The summed E-state index contributed by atoms with van der Waals surface area (Å²) in [6.45, 7) is 6.09. The maximum absolute atomic E-state index is 13.4. The van der Waals surface area contributed by atoms with Crippen LogP contribution >= 0.6 is 0 Å². The maximum Gasteiger partial charge on any atom is 0.242 e. The largest absolute Gasteiger partial charge is 0.392 e. The summed E-state index contributed by atoms with van der Waals surface area (Å²) < 4.78 is 0. The van der Waals surface area contributed by atoms with E-state index in [0.717, 1.165) is 21.1 Å². The van der Waals surface area contributed by atoms with Crippen molar-refractivity contribution in [3.05, 3.63) is 0 Å². The second-order valence-corrected chi connectivity index (χ2v) is 10.9. The summed E-state index contributed by atoms with van der Waals surface area (Å²) in [6, 6.07) is 0. The standard InChI is InChI=1S/C28H52N6O9/c1-6-8-10-31(27(42)19-34(14-23(5)38)25(40)16-30(20-35)12-21(3)36)17-26(41)32(11-9-7-2)18-28(43)33(13-22(4)37)15-24(29)39/h20-23,36-38H,6-19H2,1-5H3,(H2,29,39). The van der Waals surface area contributed by atoms with Gasteiger partial charge in [0.25, 0.3) is 0 Å². The van der Waals surface area contributed by atoms with Crippen LogP contribution in [0.4, 0.5) is 0 Å². The third kappa shape index (κ3) is 17.4. The molecule has 0 aromatic carbocycles. The van der Waals surface area contributed by atoms with E-state index < -0.39 is 67.5 Å². The molecule has 0 rings (SSSR count). The van der Waals surface area contributed by atoms with Gasteiger partial charge in [-0.25, -0.2) is 0 Å². The molecule has 0 aliphatic carbocycles. The molecule has 6 amide bonds. The van der Waals surface area contributed by atoms with E-state index in [0.29, 0.717) is 25.7 Å². The first-order valence-corrected chi connectivity index (χ1v) is 14.8. The van der Waals surface area contributed by atoms with Gasteiger partial charge in [0, 0.05) is 32.7 Å². The number of primary amides is 1. The lowest BCUT2D eigenvalue weighted by Gasteiger charge is -2.32. The summed E-state index contributed by atoms with van der Waals surface area (Å²) in [5, 5.41) is 29.3. The number of carbonyl (C=O) groups is 6. The Morgan fingerprint density at radius 1 is 0.605 bits per heavy atom. The highest BCUT2D eigenvalue weighted by atomic mass is 16.3. The van der Waals surface area contributed by atoms with Gasteiger partial charge in [-0.1, -0.05) is 26.7 Å². The summed E-state index contributed by atoms with van der Waals surface area (Å²) in [7, 11) is 0. The van der Waals surface area contributed by atoms with E-state index in [2.05, 4.69) is 0 Å². The van der Waals surface area contributed by atoms with Gasteiger partial charge in [0.2, 0.25) is 35.9 Å². The van der Waals surface area contributed by atoms with Gasteiger partial charge >= 0.3 is 0 Å². The molecule has 0 spiro atoms. The average Bonchev–Trinajstić information content (AvgIpc) is 2.90. The zero-order valence-electron chi connectivity index (χ0n) is 26.3. The first-order chi connectivity index (χ1) is 20.1. The molecule has 0 bridgehead atoms. The SMILES string of the molecule is CCCCN(CC(=O)N(CC(N)=O)CC(C)O)C(=O)CN(CCCC)C(=O)CN(CC(C)O)C(=O)CN(C=O)CC(C)O. The number of unbranched alkanes of at least 4 members (excludes halogenated alkanes) is 2. The summed E-state index contributed by atoms with van der Waals surface area (Å²) in [5.41, 5.74) is 5.26. The van der Waals surface area contributed by atoms with Crippen molar-refractivity contribution in [1.82, 2.24) is 24.5 Å². The van der Waals surface area contributed by atoms with Gasteiger partial charge < -0.3 is 45.6 Å². The maximum atomic E-state index is 13.4. The quantitative estimate of drug-likeness (QED) is 0.0935. The molecule has 15 heteroatoms. The second kappa shape index (κ2) is 21.4. The summed E-state index contributed by atoms with van der Waals surface area (Å²) in [4.78, 5) is 81.5. The molecule has 0 aliphatic heterocycles. The van der Waals surface area contributed by atoms with Crippen molar-refractivity contribution in [2.24, 2.45) is 5.73 Å². The average molecular weight is 617 g/mol. The van der Waals surface area contributed by atoms with Crippen molar-refractivity contribution in [2.75, 3.05) is 65.4 Å². The van der Waals surface area contributed by atoms with Gasteiger partial charge in [-0.05, 0) is 33.6 Å². The fourth-order valence-corrected chi connectivity index (χ4v) is 4.16. The van der Waals surface area contributed by atoms with E-state index in [9.17, 15) is 44.1 Å². The van der Waals surface area contributed by atoms with Crippen LogP contribution in [0.1, 0.15) is 60.3 Å². The van der Waals surface area contributed by atoms with E-state index in [4.69, 9.17) is 5.73 Å². The van der Waals surface area contributed by atoms with Gasteiger partial charge in [0.15, 0.2) is 0 Å². The number of aliphatic hydroxyl groups excluding tert-OH is 3. The van der Waals surface area contributed by atoms with Crippen LogP contribution in [0.25, 0.3) is 0 Å². The number of rotatable bonds is 23. The second-order valence-electron chi connectivity index (χ2n) is 10.9. The number of nitrogens with zero attached hydrogens (tertiary/aromatic N) is 5. The van der Waals surface area contributed by atoms with E-state index in [1.807, 2.05) is 13.8 Å². The zero-order chi connectivity index (χ0) is 33.1. The molecule has 3 atom stereocenters. The first-order valence-electron chi connectivity index (χ1n) is 14.8. The number of hydrogen-bond donors (Lipinski definition) is 4. The van der Waals surface area contributed by atoms with Gasteiger partial charge in [-0.2, -0.15) is 0 Å². The first kappa shape index (κ1) is 39.7. The Morgan fingerprint density at radius 3 is 1.30 bits per heavy atom. The van der Waals surface area contributed by atoms with Crippen molar-refractivity contribution in [1.29, 1.82) is 0 Å². The number of carbonyl (C=O) groups excluding carboxylic acids is 6. The Bertz CT molecular complexity index is 900. The molecule has 0 radical (unpaired) electrons. The van der Waals surface area contributed by atoms with E-state index >= 15 is 0 Å². The summed E-state index contributed by atoms with van der Waals surface area (Å²) >= 11 is 0. The molecular formula is C28H52N6O9. The number of amides is 6. The smallest absolute Gasteiger partial charge is 0.242 e. The van der Waals surface area contributed by atoms with E-state index in [-0.39, 0.29) is 45.8 Å². The highest BCUT2D eigenvalue weighted by Crippen LogP contribution is 2.06. The normalized spacial score (nSPS) is 12.9. The monoisotopic (exact) mass is 616 g/mol. The molecule has 0 saturated heterocycles. The van der Waals surface area contributed by atoms with Gasteiger partial charge in [0.05, 0.1) is 51.0 Å². The molecule has 0 saturated carbocycles. The third-order valence-corrected chi connectivity index (χ3v) is 6.25. The highest BCUT2D eigenvalue weighted by Gasteiger charge is 2.28. The molecule has 248 valence electrons. The lowest BCUT2D eigenvalue weighted by Crippen LogP contribution is -2.52. The molecule has 0 aromatic rings.